The molecule has 0 unspecified atom stereocenters. The normalized spacial score (nSPS) is 12.4. The highest BCUT2D eigenvalue weighted by Gasteiger charge is 2.13. The molecule has 140 valence electrons. The molecule has 0 fully saturated rings. The molecule has 0 saturated carbocycles. The van der Waals surface area contributed by atoms with Gasteiger partial charge in [0.2, 0.25) is 12.7 Å². The average molecular weight is 347 g/mol. The minimum Gasteiger partial charge on any atom is -0.454 e. The van der Waals surface area contributed by atoms with Crippen LogP contribution in [-0.2, 0) is 11.3 Å². The molecule has 1 aliphatic rings. The predicted octanol–water partition coefficient (Wildman–Crippen LogP) is 5.34. The standard InChI is InChI=1S/C21H33NO3/c1-2-3-4-5-6-7-8-9-10-11-12-21(23)22-16-18-13-14-19-20(15-18)25-17-24-19/h13-15H,2-12,16-17H2,1H3,(H,22,23). The number of hydrogen-bond acceptors (Lipinski definition) is 3. The highest BCUT2D eigenvalue weighted by molar-refractivity contribution is 5.75. The van der Waals surface area contributed by atoms with Gasteiger partial charge in [0.25, 0.3) is 0 Å². The third-order valence-corrected chi connectivity index (χ3v) is 4.68. The Morgan fingerprint density at radius 3 is 2.28 bits per heavy atom. The molecular weight excluding hydrogens is 314 g/mol. The van der Waals surface area contributed by atoms with Gasteiger partial charge in [-0.15, -0.1) is 0 Å². The van der Waals surface area contributed by atoms with Crippen LogP contribution in [0, 0.1) is 0 Å². The van der Waals surface area contributed by atoms with E-state index in [4.69, 9.17) is 9.47 Å². The minimum atomic E-state index is 0.136. The first kappa shape index (κ1) is 19.6. The van der Waals surface area contributed by atoms with E-state index in [1.54, 1.807) is 0 Å². The quantitative estimate of drug-likeness (QED) is 0.490. The second-order valence-corrected chi connectivity index (χ2v) is 6.90. The molecule has 4 nitrogen and oxygen atoms in total. The number of carbonyl (C=O) groups is 1. The summed E-state index contributed by atoms with van der Waals surface area (Å²) in [5.41, 5.74) is 1.04. The van der Waals surface area contributed by atoms with Crippen molar-refractivity contribution in [1.29, 1.82) is 0 Å². The molecule has 4 heteroatoms. The SMILES string of the molecule is CCCCCCCCCCCCC(=O)NCc1ccc2c(c1)OCO2. The lowest BCUT2D eigenvalue weighted by Gasteiger charge is -2.06. The summed E-state index contributed by atoms with van der Waals surface area (Å²) < 4.78 is 10.6. The molecule has 0 spiro atoms. The Labute approximate surface area is 152 Å². The number of fused-ring (bicyclic) bond motifs is 1. The molecule has 0 aliphatic carbocycles. The van der Waals surface area contributed by atoms with Gasteiger partial charge >= 0.3 is 0 Å². The third-order valence-electron chi connectivity index (χ3n) is 4.68. The Bertz CT molecular complexity index is 516. The number of ether oxygens (including phenoxy) is 2. The van der Waals surface area contributed by atoms with Crippen LogP contribution >= 0.6 is 0 Å². The zero-order chi connectivity index (χ0) is 17.7. The summed E-state index contributed by atoms with van der Waals surface area (Å²) >= 11 is 0. The van der Waals surface area contributed by atoms with Crippen molar-refractivity contribution in [3.63, 3.8) is 0 Å². The van der Waals surface area contributed by atoms with E-state index in [0.29, 0.717) is 13.0 Å². The van der Waals surface area contributed by atoms with Crippen LogP contribution < -0.4 is 14.8 Å². The maximum Gasteiger partial charge on any atom is 0.231 e. The summed E-state index contributed by atoms with van der Waals surface area (Å²) in [5, 5.41) is 2.99. The topological polar surface area (TPSA) is 47.6 Å². The van der Waals surface area contributed by atoms with Crippen molar-refractivity contribution in [1.82, 2.24) is 5.32 Å². The molecule has 2 rings (SSSR count). The van der Waals surface area contributed by atoms with E-state index in [0.717, 1.165) is 29.9 Å². The molecule has 1 amide bonds. The summed E-state index contributed by atoms with van der Waals surface area (Å²) in [6.45, 7) is 3.09. The highest BCUT2D eigenvalue weighted by atomic mass is 16.7. The molecule has 0 saturated heterocycles. The van der Waals surface area contributed by atoms with E-state index in [9.17, 15) is 4.79 Å². The lowest BCUT2D eigenvalue weighted by molar-refractivity contribution is -0.121. The van der Waals surface area contributed by atoms with Crippen LogP contribution in [-0.4, -0.2) is 12.7 Å². The molecule has 0 bridgehead atoms. The number of rotatable bonds is 13. The van der Waals surface area contributed by atoms with Crippen molar-refractivity contribution >= 4 is 5.91 Å². The first-order valence-electron chi connectivity index (χ1n) is 9.95. The summed E-state index contributed by atoms with van der Waals surface area (Å²) in [4.78, 5) is 11.9. The Balaban J connectivity index is 1.45. The fourth-order valence-electron chi connectivity index (χ4n) is 3.11. The van der Waals surface area contributed by atoms with Crippen LogP contribution in [0.2, 0.25) is 0 Å². The summed E-state index contributed by atoms with van der Waals surface area (Å²) in [7, 11) is 0. The molecule has 1 N–H and O–H groups in total. The average Bonchev–Trinajstić information content (AvgIpc) is 3.09. The van der Waals surface area contributed by atoms with Crippen molar-refractivity contribution in [2.24, 2.45) is 0 Å². The molecular formula is C21H33NO3. The zero-order valence-corrected chi connectivity index (χ0v) is 15.6. The first-order chi connectivity index (χ1) is 12.3. The van der Waals surface area contributed by atoms with Crippen LogP contribution in [0.15, 0.2) is 18.2 Å². The number of unbranched alkanes of at least 4 members (excludes halogenated alkanes) is 9. The van der Waals surface area contributed by atoms with Gasteiger partial charge in [-0.1, -0.05) is 70.8 Å². The zero-order valence-electron chi connectivity index (χ0n) is 15.6. The van der Waals surface area contributed by atoms with Crippen LogP contribution in [0.1, 0.15) is 83.1 Å². The largest absolute Gasteiger partial charge is 0.454 e. The fraction of sp³-hybridized carbons (Fsp3) is 0.667. The molecule has 0 aromatic heterocycles. The highest BCUT2D eigenvalue weighted by Crippen LogP contribution is 2.32. The molecule has 25 heavy (non-hydrogen) atoms. The van der Waals surface area contributed by atoms with E-state index in [1.807, 2.05) is 18.2 Å². The molecule has 1 heterocycles. The number of hydrogen-bond donors (Lipinski definition) is 1. The third kappa shape index (κ3) is 7.80. The first-order valence-corrected chi connectivity index (χ1v) is 9.95. The van der Waals surface area contributed by atoms with Gasteiger partial charge in [-0.3, -0.25) is 4.79 Å². The van der Waals surface area contributed by atoms with Gasteiger partial charge in [-0.2, -0.15) is 0 Å². The van der Waals surface area contributed by atoms with E-state index < -0.39 is 0 Å². The van der Waals surface area contributed by atoms with Crippen molar-refractivity contribution in [2.45, 2.75) is 84.1 Å². The van der Waals surface area contributed by atoms with Crippen molar-refractivity contribution in [2.75, 3.05) is 6.79 Å². The maximum atomic E-state index is 11.9. The second kappa shape index (κ2) is 11.8. The van der Waals surface area contributed by atoms with Gasteiger partial charge in [-0.05, 0) is 24.1 Å². The Morgan fingerprint density at radius 1 is 0.920 bits per heavy atom. The summed E-state index contributed by atoms with van der Waals surface area (Å²) in [6.07, 6.45) is 13.5. The second-order valence-electron chi connectivity index (χ2n) is 6.90. The smallest absolute Gasteiger partial charge is 0.231 e. The van der Waals surface area contributed by atoms with Crippen LogP contribution in [0.25, 0.3) is 0 Å². The van der Waals surface area contributed by atoms with Crippen molar-refractivity contribution in [3.05, 3.63) is 23.8 Å². The van der Waals surface area contributed by atoms with E-state index in [-0.39, 0.29) is 12.7 Å². The molecule has 0 radical (unpaired) electrons. The molecule has 1 aromatic carbocycles. The Morgan fingerprint density at radius 2 is 1.56 bits per heavy atom. The molecule has 1 aromatic rings. The van der Waals surface area contributed by atoms with Crippen LogP contribution in [0.5, 0.6) is 11.5 Å². The van der Waals surface area contributed by atoms with Crippen molar-refractivity contribution in [3.8, 4) is 11.5 Å². The minimum absolute atomic E-state index is 0.136. The van der Waals surface area contributed by atoms with Gasteiger partial charge < -0.3 is 14.8 Å². The fourth-order valence-corrected chi connectivity index (χ4v) is 3.11. The lowest BCUT2D eigenvalue weighted by atomic mass is 10.1. The molecule has 1 aliphatic heterocycles. The number of amides is 1. The summed E-state index contributed by atoms with van der Waals surface area (Å²) in [5.74, 6) is 1.68. The number of benzene rings is 1. The Hall–Kier alpha value is -1.71. The van der Waals surface area contributed by atoms with Gasteiger partial charge in [0.15, 0.2) is 11.5 Å². The van der Waals surface area contributed by atoms with E-state index in [1.165, 1.54) is 51.4 Å². The number of nitrogens with one attached hydrogen (secondary N) is 1. The van der Waals surface area contributed by atoms with E-state index >= 15 is 0 Å². The molecule has 0 atom stereocenters. The monoisotopic (exact) mass is 347 g/mol. The lowest BCUT2D eigenvalue weighted by Crippen LogP contribution is -2.22. The van der Waals surface area contributed by atoms with Gasteiger partial charge in [0.05, 0.1) is 0 Å². The Kier molecular flexibility index (Phi) is 9.24. The van der Waals surface area contributed by atoms with Gasteiger partial charge in [-0.25, -0.2) is 0 Å². The van der Waals surface area contributed by atoms with Crippen molar-refractivity contribution < 1.29 is 14.3 Å². The van der Waals surface area contributed by atoms with Gasteiger partial charge in [0.1, 0.15) is 0 Å². The van der Waals surface area contributed by atoms with Crippen LogP contribution in [0.3, 0.4) is 0 Å². The van der Waals surface area contributed by atoms with Gasteiger partial charge in [0, 0.05) is 13.0 Å². The summed E-state index contributed by atoms with van der Waals surface area (Å²) in [6, 6.07) is 5.80. The van der Waals surface area contributed by atoms with Crippen LogP contribution in [0.4, 0.5) is 0 Å². The predicted molar refractivity (Wildman–Crippen MR) is 101 cm³/mol. The number of carbonyl (C=O) groups excluding carboxylic acids is 1. The van der Waals surface area contributed by atoms with E-state index in [2.05, 4.69) is 12.2 Å². The maximum absolute atomic E-state index is 11.9.